The normalized spacial score (nSPS) is 14.7. The minimum absolute atomic E-state index is 0.0469. The number of alkyl halides is 3. The molecule has 2 aromatic rings. The Labute approximate surface area is 157 Å². The Kier molecular flexibility index (Phi) is 5.47. The van der Waals surface area contributed by atoms with Gasteiger partial charge in [-0.25, -0.2) is 0 Å². The van der Waals surface area contributed by atoms with E-state index in [9.17, 15) is 22.8 Å². The molecule has 0 radical (unpaired) electrons. The maximum absolute atomic E-state index is 12.9. The summed E-state index contributed by atoms with van der Waals surface area (Å²) >= 11 is 1.03. The van der Waals surface area contributed by atoms with E-state index in [-0.39, 0.29) is 29.9 Å². The van der Waals surface area contributed by atoms with Crippen LogP contribution in [0.2, 0.25) is 0 Å². The van der Waals surface area contributed by atoms with Crippen LogP contribution >= 0.6 is 11.5 Å². The summed E-state index contributed by atoms with van der Waals surface area (Å²) < 4.78 is 48.1. The molecule has 0 bridgehead atoms. The van der Waals surface area contributed by atoms with Gasteiger partial charge in [-0.1, -0.05) is 12.1 Å². The Balaban J connectivity index is 1.61. The largest absolute Gasteiger partial charge is 0.416 e. The quantitative estimate of drug-likeness (QED) is 0.839. The summed E-state index contributed by atoms with van der Waals surface area (Å²) in [5.74, 6) is -0.487. The fourth-order valence-electron chi connectivity index (χ4n) is 2.56. The summed E-state index contributed by atoms with van der Waals surface area (Å²) in [5.41, 5.74) is 0.0738. The highest BCUT2D eigenvalue weighted by Crippen LogP contribution is 2.34. The third-order valence-electron chi connectivity index (χ3n) is 4.05. The molecule has 1 saturated heterocycles. The second kappa shape index (κ2) is 7.65. The van der Waals surface area contributed by atoms with Gasteiger partial charge in [-0.05, 0) is 23.7 Å². The third kappa shape index (κ3) is 4.64. The number of nitrogens with zero attached hydrogens (tertiary/aromatic N) is 2. The van der Waals surface area contributed by atoms with E-state index in [4.69, 9.17) is 4.74 Å². The molecule has 1 N–H and O–H groups in total. The molecule has 0 unspecified atom stereocenters. The SMILES string of the molecule is CC(=O)N1CC(OCC(=O)Nc2csnc2-c2cccc(C(F)(F)F)c2)C1. The molecular formula is C17H16F3N3O3S. The molecule has 1 aromatic carbocycles. The van der Waals surface area contributed by atoms with Crippen molar-refractivity contribution in [2.75, 3.05) is 25.0 Å². The fourth-order valence-corrected chi connectivity index (χ4v) is 3.19. The zero-order valence-electron chi connectivity index (χ0n) is 14.2. The summed E-state index contributed by atoms with van der Waals surface area (Å²) in [6, 6.07) is 4.77. The molecule has 6 nitrogen and oxygen atoms in total. The van der Waals surface area contributed by atoms with Crippen molar-refractivity contribution in [2.45, 2.75) is 19.2 Å². The maximum Gasteiger partial charge on any atom is 0.416 e. The smallest absolute Gasteiger partial charge is 0.365 e. The van der Waals surface area contributed by atoms with Crippen LogP contribution in [0.25, 0.3) is 11.3 Å². The topological polar surface area (TPSA) is 71.5 Å². The van der Waals surface area contributed by atoms with Crippen LogP contribution in [0, 0.1) is 0 Å². The number of likely N-dealkylation sites (tertiary alicyclic amines) is 1. The molecule has 1 fully saturated rings. The van der Waals surface area contributed by atoms with Crippen LogP contribution in [0.1, 0.15) is 12.5 Å². The molecule has 0 saturated carbocycles. The van der Waals surface area contributed by atoms with Crippen LogP contribution in [0.5, 0.6) is 0 Å². The Morgan fingerprint density at radius 3 is 2.78 bits per heavy atom. The Morgan fingerprint density at radius 2 is 2.11 bits per heavy atom. The van der Waals surface area contributed by atoms with Gasteiger partial charge in [0.25, 0.3) is 0 Å². The van der Waals surface area contributed by atoms with E-state index in [1.807, 2.05) is 0 Å². The highest BCUT2D eigenvalue weighted by atomic mass is 32.1. The summed E-state index contributed by atoms with van der Waals surface area (Å²) in [6.45, 7) is 2.13. The van der Waals surface area contributed by atoms with Crippen LogP contribution in [0.3, 0.4) is 0 Å². The van der Waals surface area contributed by atoms with Crippen molar-refractivity contribution in [3.05, 3.63) is 35.2 Å². The van der Waals surface area contributed by atoms with Gasteiger partial charge >= 0.3 is 6.18 Å². The lowest BCUT2D eigenvalue weighted by atomic mass is 10.1. The summed E-state index contributed by atoms with van der Waals surface area (Å²) in [7, 11) is 0. The molecule has 1 aliphatic rings. The van der Waals surface area contributed by atoms with Crippen LogP contribution in [0.15, 0.2) is 29.6 Å². The van der Waals surface area contributed by atoms with Gasteiger partial charge in [0, 0.05) is 31.0 Å². The number of anilines is 1. The molecule has 1 aromatic heterocycles. The first-order valence-electron chi connectivity index (χ1n) is 8.03. The fraction of sp³-hybridized carbons (Fsp3) is 0.353. The van der Waals surface area contributed by atoms with Crippen molar-refractivity contribution < 1.29 is 27.5 Å². The number of hydrogen-bond acceptors (Lipinski definition) is 5. The number of aromatic nitrogens is 1. The van der Waals surface area contributed by atoms with Crippen molar-refractivity contribution in [3.63, 3.8) is 0 Å². The molecule has 2 amide bonds. The summed E-state index contributed by atoms with van der Waals surface area (Å²) in [6.07, 6.45) is -4.65. The van der Waals surface area contributed by atoms with Crippen LogP contribution < -0.4 is 5.32 Å². The first-order valence-corrected chi connectivity index (χ1v) is 8.86. The highest BCUT2D eigenvalue weighted by molar-refractivity contribution is 7.04. The van der Waals surface area contributed by atoms with Crippen molar-refractivity contribution in [3.8, 4) is 11.3 Å². The van der Waals surface area contributed by atoms with Gasteiger partial charge in [0.15, 0.2) is 0 Å². The summed E-state index contributed by atoms with van der Waals surface area (Å²) in [5, 5.41) is 4.16. The van der Waals surface area contributed by atoms with Gasteiger partial charge in [-0.3, -0.25) is 9.59 Å². The average molecular weight is 399 g/mol. The van der Waals surface area contributed by atoms with Crippen molar-refractivity contribution in [1.29, 1.82) is 0 Å². The standard InChI is InChI=1S/C17H16F3N3O3S/c1-10(24)23-6-13(7-23)26-8-15(25)21-14-9-27-22-16(14)11-3-2-4-12(5-11)17(18,19)20/h2-5,9,13H,6-8H2,1H3,(H,21,25). The molecule has 10 heteroatoms. The van der Waals surface area contributed by atoms with Crippen LogP contribution in [0.4, 0.5) is 18.9 Å². The van der Waals surface area contributed by atoms with E-state index in [0.717, 1.165) is 23.7 Å². The molecule has 0 spiro atoms. The molecule has 0 atom stereocenters. The third-order valence-corrected chi connectivity index (χ3v) is 4.68. The van der Waals surface area contributed by atoms with Gasteiger partial charge in [0.1, 0.15) is 12.3 Å². The molecule has 144 valence electrons. The molecule has 1 aliphatic heterocycles. The Bertz CT molecular complexity index is 847. The predicted octanol–water partition coefficient (Wildman–Crippen LogP) is 3.01. The first-order chi connectivity index (χ1) is 12.7. The number of ether oxygens (including phenoxy) is 1. The van der Waals surface area contributed by atoms with E-state index < -0.39 is 17.6 Å². The lowest BCUT2D eigenvalue weighted by molar-refractivity contribution is -0.144. The van der Waals surface area contributed by atoms with E-state index in [1.54, 1.807) is 10.3 Å². The average Bonchev–Trinajstić information content (AvgIpc) is 3.00. The number of amides is 2. The van der Waals surface area contributed by atoms with Crippen LogP contribution in [-0.4, -0.2) is 46.9 Å². The minimum atomic E-state index is -4.46. The molecule has 0 aliphatic carbocycles. The molecular weight excluding hydrogens is 383 g/mol. The van der Waals surface area contributed by atoms with Gasteiger partial charge in [0.2, 0.25) is 11.8 Å². The Hall–Kier alpha value is -2.46. The van der Waals surface area contributed by atoms with Crippen molar-refractivity contribution in [1.82, 2.24) is 9.27 Å². The van der Waals surface area contributed by atoms with E-state index in [2.05, 4.69) is 9.69 Å². The maximum atomic E-state index is 12.9. The number of nitrogens with one attached hydrogen (secondary N) is 1. The van der Waals surface area contributed by atoms with Crippen LogP contribution in [-0.2, 0) is 20.5 Å². The van der Waals surface area contributed by atoms with Gasteiger partial charge in [-0.15, -0.1) is 0 Å². The number of rotatable bonds is 5. The number of carbonyl (C=O) groups excluding carboxylic acids is 2. The second-order valence-corrected chi connectivity index (χ2v) is 6.69. The number of benzene rings is 1. The number of halogens is 3. The number of hydrogen-bond donors (Lipinski definition) is 1. The highest BCUT2D eigenvalue weighted by Gasteiger charge is 2.31. The molecule has 27 heavy (non-hydrogen) atoms. The zero-order chi connectivity index (χ0) is 19.6. The summed E-state index contributed by atoms with van der Waals surface area (Å²) in [4.78, 5) is 24.7. The van der Waals surface area contributed by atoms with Crippen molar-refractivity contribution >= 4 is 29.0 Å². The predicted molar refractivity (Wildman–Crippen MR) is 93.2 cm³/mol. The van der Waals surface area contributed by atoms with Gasteiger partial charge in [-0.2, -0.15) is 17.5 Å². The van der Waals surface area contributed by atoms with E-state index >= 15 is 0 Å². The van der Waals surface area contributed by atoms with E-state index in [1.165, 1.54) is 19.1 Å². The lowest BCUT2D eigenvalue weighted by Gasteiger charge is -2.38. The van der Waals surface area contributed by atoms with E-state index in [0.29, 0.717) is 18.8 Å². The minimum Gasteiger partial charge on any atom is -0.365 e. The zero-order valence-corrected chi connectivity index (χ0v) is 15.1. The lowest BCUT2D eigenvalue weighted by Crippen LogP contribution is -2.54. The van der Waals surface area contributed by atoms with Crippen molar-refractivity contribution in [2.24, 2.45) is 0 Å². The first kappa shape index (κ1) is 19.3. The van der Waals surface area contributed by atoms with Gasteiger partial charge in [0.05, 0.1) is 17.4 Å². The van der Waals surface area contributed by atoms with Gasteiger partial charge < -0.3 is 15.0 Å². The molecule has 3 rings (SSSR count). The molecule has 2 heterocycles. The number of carbonyl (C=O) groups is 2. The second-order valence-electron chi connectivity index (χ2n) is 6.06. The Morgan fingerprint density at radius 1 is 1.37 bits per heavy atom. The monoisotopic (exact) mass is 399 g/mol.